The molecule has 2 saturated heterocycles. The molecule has 0 aromatic heterocycles. The molecular formula is C17H27N3S. The van der Waals surface area contributed by atoms with Crippen molar-refractivity contribution in [3.63, 3.8) is 0 Å². The van der Waals surface area contributed by atoms with E-state index >= 15 is 0 Å². The Morgan fingerprint density at radius 2 is 1.81 bits per heavy atom. The van der Waals surface area contributed by atoms with E-state index in [-0.39, 0.29) is 0 Å². The van der Waals surface area contributed by atoms with E-state index in [4.69, 9.17) is 0 Å². The second-order valence-corrected chi connectivity index (χ2v) is 7.63. The van der Waals surface area contributed by atoms with Crippen LogP contribution >= 0.6 is 11.8 Å². The third kappa shape index (κ3) is 3.93. The first-order valence-electron chi connectivity index (χ1n) is 8.03. The number of hydrogen-bond acceptors (Lipinski definition) is 4. The van der Waals surface area contributed by atoms with Gasteiger partial charge in [-0.25, -0.2) is 0 Å². The van der Waals surface area contributed by atoms with Gasteiger partial charge in [-0.3, -0.25) is 4.90 Å². The molecule has 0 N–H and O–H groups in total. The number of likely N-dealkylation sites (N-methyl/N-ethyl adjacent to an activating group) is 1. The van der Waals surface area contributed by atoms with Crippen molar-refractivity contribution in [2.75, 3.05) is 56.7 Å². The number of thioether (sulfide) groups is 1. The average molecular weight is 305 g/mol. The highest BCUT2D eigenvalue weighted by molar-refractivity contribution is 7.99. The summed E-state index contributed by atoms with van der Waals surface area (Å²) in [6, 6.07) is 9.99. The third-order valence-corrected chi connectivity index (χ3v) is 5.64. The van der Waals surface area contributed by atoms with Gasteiger partial charge in [0.15, 0.2) is 0 Å². The van der Waals surface area contributed by atoms with Crippen LogP contribution in [0.2, 0.25) is 0 Å². The SMILES string of the molecule is CN(C)[C@@H]1CCN(Cc2ccc(N3CCSCC3)cc2)C1. The number of likely N-dealkylation sites (tertiary alicyclic amines) is 1. The van der Waals surface area contributed by atoms with E-state index in [0.29, 0.717) is 0 Å². The molecule has 1 atom stereocenters. The molecule has 2 aliphatic heterocycles. The van der Waals surface area contributed by atoms with Crippen molar-refractivity contribution < 1.29 is 0 Å². The molecular weight excluding hydrogens is 278 g/mol. The second kappa shape index (κ2) is 7.03. The van der Waals surface area contributed by atoms with Gasteiger partial charge >= 0.3 is 0 Å². The van der Waals surface area contributed by atoms with Gasteiger partial charge in [-0.15, -0.1) is 0 Å². The maximum atomic E-state index is 2.58. The van der Waals surface area contributed by atoms with Gasteiger partial charge in [0.1, 0.15) is 0 Å². The lowest BCUT2D eigenvalue weighted by Gasteiger charge is -2.28. The van der Waals surface area contributed by atoms with Crippen LogP contribution in [-0.4, -0.2) is 67.6 Å². The van der Waals surface area contributed by atoms with Gasteiger partial charge in [0.05, 0.1) is 0 Å². The minimum atomic E-state index is 0.732. The van der Waals surface area contributed by atoms with E-state index in [2.05, 4.69) is 64.8 Å². The van der Waals surface area contributed by atoms with Crippen molar-refractivity contribution in [2.45, 2.75) is 19.0 Å². The average Bonchev–Trinajstić information content (AvgIpc) is 2.98. The maximum absolute atomic E-state index is 2.58. The molecule has 1 aromatic carbocycles. The molecule has 2 fully saturated rings. The van der Waals surface area contributed by atoms with Crippen LogP contribution < -0.4 is 4.90 Å². The molecule has 0 unspecified atom stereocenters. The van der Waals surface area contributed by atoms with Crippen LogP contribution in [0.15, 0.2) is 24.3 Å². The van der Waals surface area contributed by atoms with Crippen LogP contribution in [0, 0.1) is 0 Å². The molecule has 4 heteroatoms. The molecule has 2 heterocycles. The van der Waals surface area contributed by atoms with Crippen LogP contribution in [0.25, 0.3) is 0 Å². The molecule has 0 saturated carbocycles. The van der Waals surface area contributed by atoms with Gasteiger partial charge in [0.2, 0.25) is 0 Å². The summed E-state index contributed by atoms with van der Waals surface area (Å²) >= 11 is 2.07. The predicted octanol–water partition coefficient (Wildman–Crippen LogP) is 2.38. The summed E-state index contributed by atoms with van der Waals surface area (Å²) < 4.78 is 0. The molecule has 116 valence electrons. The van der Waals surface area contributed by atoms with Crippen molar-refractivity contribution in [3.05, 3.63) is 29.8 Å². The third-order valence-electron chi connectivity index (χ3n) is 4.70. The summed E-state index contributed by atoms with van der Waals surface area (Å²) in [6.07, 6.45) is 1.30. The lowest BCUT2D eigenvalue weighted by Crippen LogP contribution is -2.32. The summed E-state index contributed by atoms with van der Waals surface area (Å²) in [5.74, 6) is 2.53. The van der Waals surface area contributed by atoms with E-state index in [1.807, 2.05) is 0 Å². The molecule has 3 rings (SSSR count). The molecule has 0 radical (unpaired) electrons. The topological polar surface area (TPSA) is 9.72 Å². The van der Waals surface area contributed by atoms with E-state index in [1.165, 1.54) is 55.4 Å². The molecule has 1 aromatic rings. The van der Waals surface area contributed by atoms with E-state index in [0.717, 1.165) is 12.6 Å². The minimum absolute atomic E-state index is 0.732. The molecule has 21 heavy (non-hydrogen) atoms. The van der Waals surface area contributed by atoms with Crippen molar-refractivity contribution >= 4 is 17.4 Å². The smallest absolute Gasteiger partial charge is 0.0366 e. The zero-order chi connectivity index (χ0) is 14.7. The number of anilines is 1. The summed E-state index contributed by atoms with van der Waals surface area (Å²) in [7, 11) is 4.39. The standard InChI is InChI=1S/C17H27N3S/c1-18(2)17-7-8-19(14-17)13-15-3-5-16(6-4-15)20-9-11-21-12-10-20/h3-6,17H,7-14H2,1-2H3/t17-/m1/s1. The largest absolute Gasteiger partial charge is 0.370 e. The normalized spacial score (nSPS) is 24.0. The zero-order valence-corrected chi connectivity index (χ0v) is 14.1. The van der Waals surface area contributed by atoms with Gasteiger partial charge < -0.3 is 9.80 Å². The fourth-order valence-electron chi connectivity index (χ4n) is 3.27. The first-order chi connectivity index (χ1) is 10.2. The molecule has 0 spiro atoms. The van der Waals surface area contributed by atoms with Crippen LogP contribution in [0.5, 0.6) is 0 Å². The highest BCUT2D eigenvalue weighted by Gasteiger charge is 2.23. The molecule has 0 aliphatic carbocycles. The first kappa shape index (κ1) is 15.2. The Balaban J connectivity index is 1.55. The zero-order valence-electron chi connectivity index (χ0n) is 13.3. The quantitative estimate of drug-likeness (QED) is 0.844. The Labute approximate surface area is 133 Å². The molecule has 0 bridgehead atoms. The fraction of sp³-hybridized carbons (Fsp3) is 0.647. The predicted molar refractivity (Wildman–Crippen MR) is 93.3 cm³/mol. The van der Waals surface area contributed by atoms with Crippen LogP contribution in [0.3, 0.4) is 0 Å². The van der Waals surface area contributed by atoms with E-state index < -0.39 is 0 Å². The second-order valence-electron chi connectivity index (χ2n) is 6.41. The van der Waals surface area contributed by atoms with Crippen molar-refractivity contribution in [1.29, 1.82) is 0 Å². The summed E-state index contributed by atoms with van der Waals surface area (Å²) in [5.41, 5.74) is 2.84. The van der Waals surface area contributed by atoms with Crippen LogP contribution in [0.4, 0.5) is 5.69 Å². The molecule has 3 nitrogen and oxygen atoms in total. The number of nitrogens with zero attached hydrogens (tertiary/aromatic N) is 3. The summed E-state index contributed by atoms with van der Waals surface area (Å²) in [6.45, 7) is 5.92. The summed E-state index contributed by atoms with van der Waals surface area (Å²) in [5, 5.41) is 0. The van der Waals surface area contributed by atoms with Crippen molar-refractivity contribution in [1.82, 2.24) is 9.80 Å². The summed E-state index contributed by atoms with van der Waals surface area (Å²) in [4.78, 5) is 7.45. The minimum Gasteiger partial charge on any atom is -0.370 e. The van der Waals surface area contributed by atoms with E-state index in [1.54, 1.807) is 0 Å². The lowest BCUT2D eigenvalue weighted by atomic mass is 10.2. The van der Waals surface area contributed by atoms with Gasteiger partial charge in [0, 0.05) is 56.0 Å². The number of hydrogen-bond donors (Lipinski definition) is 0. The molecule has 2 aliphatic rings. The Hall–Kier alpha value is -0.710. The highest BCUT2D eigenvalue weighted by Crippen LogP contribution is 2.21. The Morgan fingerprint density at radius 1 is 1.10 bits per heavy atom. The van der Waals surface area contributed by atoms with Gasteiger partial charge in [-0.05, 0) is 38.2 Å². The Bertz CT molecular complexity index is 440. The Morgan fingerprint density at radius 3 is 2.43 bits per heavy atom. The van der Waals surface area contributed by atoms with Gasteiger partial charge in [-0.2, -0.15) is 11.8 Å². The monoisotopic (exact) mass is 305 g/mol. The van der Waals surface area contributed by atoms with Gasteiger partial charge in [0.25, 0.3) is 0 Å². The number of rotatable bonds is 4. The van der Waals surface area contributed by atoms with Gasteiger partial charge in [-0.1, -0.05) is 12.1 Å². The first-order valence-corrected chi connectivity index (χ1v) is 9.18. The van der Waals surface area contributed by atoms with Crippen molar-refractivity contribution in [2.24, 2.45) is 0 Å². The fourth-order valence-corrected chi connectivity index (χ4v) is 4.17. The van der Waals surface area contributed by atoms with E-state index in [9.17, 15) is 0 Å². The van der Waals surface area contributed by atoms with Crippen LogP contribution in [0.1, 0.15) is 12.0 Å². The van der Waals surface area contributed by atoms with Crippen molar-refractivity contribution in [3.8, 4) is 0 Å². The maximum Gasteiger partial charge on any atom is 0.0366 e. The lowest BCUT2D eigenvalue weighted by molar-refractivity contribution is 0.264. The highest BCUT2D eigenvalue weighted by atomic mass is 32.2. The molecule has 0 amide bonds. The van der Waals surface area contributed by atoms with Crippen LogP contribution in [-0.2, 0) is 6.54 Å². The Kier molecular flexibility index (Phi) is 5.09. The number of benzene rings is 1.